The van der Waals surface area contributed by atoms with Gasteiger partial charge >= 0.3 is 5.69 Å². The van der Waals surface area contributed by atoms with Crippen LogP contribution in [0.5, 0.6) is 0 Å². The first-order valence-corrected chi connectivity index (χ1v) is 3.24. The molecule has 2 heterocycles. The standard InChI is InChI=1S/C5H3ClN4O/c6-3-1-2-10-4(7-3)8-9-5(10)11/h1-2H,(H,9,11). The zero-order chi connectivity index (χ0) is 7.84. The minimum absolute atomic E-state index is 0.280. The Balaban J connectivity index is 2.97. The van der Waals surface area contributed by atoms with E-state index in [1.807, 2.05) is 0 Å². The van der Waals surface area contributed by atoms with Gasteiger partial charge in [-0.15, -0.1) is 5.10 Å². The summed E-state index contributed by atoms with van der Waals surface area (Å²) in [6.07, 6.45) is 1.51. The van der Waals surface area contributed by atoms with Crippen molar-refractivity contribution in [1.29, 1.82) is 0 Å². The first kappa shape index (κ1) is 6.36. The lowest BCUT2D eigenvalue weighted by Crippen LogP contribution is -2.08. The number of hydrogen-bond acceptors (Lipinski definition) is 3. The lowest BCUT2D eigenvalue weighted by Gasteiger charge is -1.87. The summed E-state index contributed by atoms with van der Waals surface area (Å²) in [5.41, 5.74) is -0.316. The van der Waals surface area contributed by atoms with E-state index in [0.29, 0.717) is 5.15 Å². The molecule has 5 nitrogen and oxygen atoms in total. The van der Waals surface area contributed by atoms with Gasteiger partial charge in [0.25, 0.3) is 5.78 Å². The van der Waals surface area contributed by atoms with Crippen molar-refractivity contribution in [2.24, 2.45) is 0 Å². The third-order valence-corrected chi connectivity index (χ3v) is 1.46. The van der Waals surface area contributed by atoms with Gasteiger partial charge in [-0.05, 0) is 6.07 Å². The fraction of sp³-hybridized carbons (Fsp3) is 0. The zero-order valence-electron chi connectivity index (χ0n) is 5.28. The molecular weight excluding hydrogens is 168 g/mol. The third-order valence-electron chi connectivity index (χ3n) is 1.25. The van der Waals surface area contributed by atoms with E-state index in [4.69, 9.17) is 11.6 Å². The lowest BCUT2D eigenvalue weighted by molar-refractivity contribution is 1.02. The van der Waals surface area contributed by atoms with Crippen molar-refractivity contribution in [1.82, 2.24) is 19.6 Å². The van der Waals surface area contributed by atoms with Crippen molar-refractivity contribution in [3.63, 3.8) is 0 Å². The Hall–Kier alpha value is -1.36. The molecule has 0 bridgehead atoms. The van der Waals surface area contributed by atoms with E-state index in [9.17, 15) is 4.79 Å². The molecule has 0 aromatic carbocycles. The maximum Gasteiger partial charge on any atom is 0.348 e. The van der Waals surface area contributed by atoms with Crippen LogP contribution in [0, 0.1) is 0 Å². The van der Waals surface area contributed by atoms with Crippen LogP contribution in [0.2, 0.25) is 5.15 Å². The molecule has 0 aliphatic carbocycles. The van der Waals surface area contributed by atoms with Gasteiger partial charge in [0, 0.05) is 6.20 Å². The summed E-state index contributed by atoms with van der Waals surface area (Å²) in [6, 6.07) is 1.52. The predicted octanol–water partition coefficient (Wildman–Crippen LogP) is 0.0710. The van der Waals surface area contributed by atoms with Gasteiger partial charge < -0.3 is 0 Å². The highest BCUT2D eigenvalue weighted by Gasteiger charge is 1.99. The molecule has 0 saturated heterocycles. The quantitative estimate of drug-likeness (QED) is 0.569. The summed E-state index contributed by atoms with van der Waals surface area (Å²) in [5, 5.41) is 6.17. The molecule has 0 aliphatic heterocycles. The molecule has 0 amide bonds. The van der Waals surface area contributed by atoms with Crippen LogP contribution in [0.3, 0.4) is 0 Å². The van der Waals surface area contributed by atoms with Crippen LogP contribution in [-0.4, -0.2) is 19.6 Å². The Kier molecular flexibility index (Phi) is 1.19. The van der Waals surface area contributed by atoms with Crippen molar-refractivity contribution in [2.75, 3.05) is 0 Å². The van der Waals surface area contributed by atoms with Gasteiger partial charge in [0.2, 0.25) is 0 Å². The van der Waals surface area contributed by atoms with Crippen LogP contribution in [0.1, 0.15) is 0 Å². The van der Waals surface area contributed by atoms with Crippen molar-refractivity contribution in [2.45, 2.75) is 0 Å². The number of nitrogens with one attached hydrogen (secondary N) is 1. The first-order valence-electron chi connectivity index (χ1n) is 2.86. The number of aromatic amines is 1. The third kappa shape index (κ3) is 0.894. The van der Waals surface area contributed by atoms with E-state index in [2.05, 4.69) is 15.2 Å². The van der Waals surface area contributed by atoms with Gasteiger partial charge in [0.1, 0.15) is 5.15 Å². The summed E-state index contributed by atoms with van der Waals surface area (Å²) in [7, 11) is 0. The van der Waals surface area contributed by atoms with Crippen LogP contribution >= 0.6 is 11.6 Å². The van der Waals surface area contributed by atoms with E-state index in [-0.39, 0.29) is 11.5 Å². The molecule has 2 aromatic heterocycles. The number of rotatable bonds is 0. The molecule has 0 spiro atoms. The highest BCUT2D eigenvalue weighted by atomic mass is 35.5. The average Bonchev–Trinajstić information content (AvgIpc) is 2.32. The van der Waals surface area contributed by atoms with E-state index in [1.54, 1.807) is 0 Å². The molecule has 0 fully saturated rings. The molecule has 1 N–H and O–H groups in total. The molecule has 11 heavy (non-hydrogen) atoms. The van der Waals surface area contributed by atoms with Crippen LogP contribution < -0.4 is 5.69 Å². The predicted molar refractivity (Wildman–Crippen MR) is 38.6 cm³/mol. The Morgan fingerprint density at radius 3 is 3.27 bits per heavy atom. The number of nitrogens with zero attached hydrogens (tertiary/aromatic N) is 3. The maximum absolute atomic E-state index is 10.9. The summed E-state index contributed by atoms with van der Waals surface area (Å²) in [6.45, 7) is 0. The average molecular weight is 171 g/mol. The van der Waals surface area contributed by atoms with E-state index in [0.717, 1.165) is 0 Å². The molecule has 0 radical (unpaired) electrons. The van der Waals surface area contributed by atoms with E-state index in [1.165, 1.54) is 16.7 Å². The van der Waals surface area contributed by atoms with Crippen molar-refractivity contribution < 1.29 is 0 Å². The molecule has 0 aliphatic rings. The van der Waals surface area contributed by atoms with Gasteiger partial charge in [-0.1, -0.05) is 11.6 Å². The Bertz CT molecular complexity index is 445. The highest BCUT2D eigenvalue weighted by molar-refractivity contribution is 6.29. The zero-order valence-corrected chi connectivity index (χ0v) is 6.04. The van der Waals surface area contributed by atoms with Crippen molar-refractivity contribution in [3.05, 3.63) is 27.9 Å². The summed E-state index contributed by atoms with van der Waals surface area (Å²) in [4.78, 5) is 14.6. The van der Waals surface area contributed by atoms with Crippen molar-refractivity contribution >= 4 is 17.4 Å². The smallest absolute Gasteiger partial charge is 0.246 e. The second-order valence-corrected chi connectivity index (χ2v) is 2.34. The lowest BCUT2D eigenvalue weighted by atomic mass is 10.7. The minimum atomic E-state index is -0.316. The topological polar surface area (TPSA) is 63.0 Å². The van der Waals surface area contributed by atoms with Gasteiger partial charge in [0.15, 0.2) is 0 Å². The van der Waals surface area contributed by atoms with Crippen LogP contribution in [-0.2, 0) is 0 Å². The SMILES string of the molecule is O=c1[nH]nc2nc(Cl)ccn12. The molecule has 56 valence electrons. The monoisotopic (exact) mass is 170 g/mol. The summed E-state index contributed by atoms with van der Waals surface area (Å²) in [5.74, 6) is 0.280. The molecule has 2 rings (SSSR count). The molecule has 0 unspecified atom stereocenters. The Labute approximate surface area is 65.6 Å². The number of fused-ring (bicyclic) bond motifs is 1. The number of aromatic nitrogens is 4. The van der Waals surface area contributed by atoms with Crippen LogP contribution in [0.4, 0.5) is 0 Å². The van der Waals surface area contributed by atoms with E-state index < -0.39 is 0 Å². The first-order chi connectivity index (χ1) is 5.27. The number of hydrogen-bond donors (Lipinski definition) is 1. The van der Waals surface area contributed by atoms with Crippen LogP contribution in [0.25, 0.3) is 5.78 Å². The molecule has 2 aromatic rings. The van der Waals surface area contributed by atoms with Gasteiger partial charge in [-0.25, -0.2) is 14.3 Å². The Morgan fingerprint density at radius 1 is 1.64 bits per heavy atom. The van der Waals surface area contributed by atoms with Gasteiger partial charge in [-0.3, -0.25) is 0 Å². The second-order valence-electron chi connectivity index (χ2n) is 1.95. The Morgan fingerprint density at radius 2 is 2.45 bits per heavy atom. The number of halogens is 1. The maximum atomic E-state index is 10.9. The normalized spacial score (nSPS) is 10.6. The van der Waals surface area contributed by atoms with Gasteiger partial charge in [-0.2, -0.15) is 4.98 Å². The molecular formula is C5H3ClN4O. The highest BCUT2D eigenvalue weighted by Crippen LogP contribution is 2.01. The fourth-order valence-corrected chi connectivity index (χ4v) is 0.910. The number of H-pyrrole nitrogens is 1. The largest absolute Gasteiger partial charge is 0.348 e. The molecule has 6 heteroatoms. The summed E-state index contributed by atoms with van der Waals surface area (Å²) >= 11 is 5.55. The fourth-order valence-electron chi connectivity index (χ4n) is 0.778. The minimum Gasteiger partial charge on any atom is -0.246 e. The molecule has 0 atom stereocenters. The second kappa shape index (κ2) is 2.06. The van der Waals surface area contributed by atoms with Crippen molar-refractivity contribution in [3.8, 4) is 0 Å². The van der Waals surface area contributed by atoms with Crippen LogP contribution in [0.15, 0.2) is 17.1 Å². The van der Waals surface area contributed by atoms with E-state index >= 15 is 0 Å². The van der Waals surface area contributed by atoms with Gasteiger partial charge in [0.05, 0.1) is 0 Å². The molecule has 0 saturated carbocycles. The summed E-state index contributed by atoms with van der Waals surface area (Å²) < 4.78 is 1.27.